The van der Waals surface area contributed by atoms with Crippen molar-refractivity contribution in [1.82, 2.24) is 5.32 Å². The molecule has 2 atom stereocenters. The average Bonchev–Trinajstić information content (AvgIpc) is 3.00. The Morgan fingerprint density at radius 1 is 1.27 bits per heavy atom. The zero-order valence-corrected chi connectivity index (χ0v) is 12.5. The van der Waals surface area contributed by atoms with Gasteiger partial charge in [-0.25, -0.2) is 0 Å². The first-order chi connectivity index (χ1) is 10.6. The molecule has 2 rings (SSSR count). The predicted molar refractivity (Wildman–Crippen MR) is 84.5 cm³/mol. The smallest absolute Gasteiger partial charge is 0.269 e. The van der Waals surface area contributed by atoms with Gasteiger partial charge < -0.3 is 16.4 Å². The molecular formula is C15H22N4O3. The summed E-state index contributed by atoms with van der Waals surface area (Å²) in [6.45, 7) is 1.66. The molecule has 1 saturated carbocycles. The minimum Gasteiger partial charge on any atom is -0.383 e. The first-order valence-electron chi connectivity index (χ1n) is 7.58. The first-order valence-corrected chi connectivity index (χ1v) is 7.58. The maximum absolute atomic E-state index is 12.1. The number of anilines is 1. The number of rotatable bonds is 7. The van der Waals surface area contributed by atoms with Crippen molar-refractivity contribution in [2.24, 2.45) is 17.6 Å². The number of nitro benzene ring substituents is 1. The third-order valence-electron chi connectivity index (χ3n) is 4.13. The predicted octanol–water partition coefficient (Wildman–Crippen LogP) is 1.50. The highest BCUT2D eigenvalue weighted by Crippen LogP contribution is 2.30. The standard InChI is InChI=1S/C15H22N4O3/c16-10-11-2-1-3-14(11)15(20)18-9-8-17-12-4-6-13(7-5-12)19(21)22/h4-7,11,14,17H,1-3,8-10,16H2,(H,18,20)/t11-,14-/m1/s1. The average molecular weight is 306 g/mol. The van der Waals surface area contributed by atoms with E-state index < -0.39 is 4.92 Å². The molecule has 120 valence electrons. The Morgan fingerprint density at radius 3 is 2.64 bits per heavy atom. The fourth-order valence-electron chi connectivity index (χ4n) is 2.89. The van der Waals surface area contributed by atoms with Crippen LogP contribution >= 0.6 is 0 Å². The number of nitro groups is 1. The van der Waals surface area contributed by atoms with Crippen molar-refractivity contribution in [2.45, 2.75) is 19.3 Å². The molecule has 0 aromatic heterocycles. The highest BCUT2D eigenvalue weighted by Gasteiger charge is 2.31. The van der Waals surface area contributed by atoms with Gasteiger partial charge in [-0.3, -0.25) is 14.9 Å². The molecule has 0 heterocycles. The molecule has 0 saturated heterocycles. The van der Waals surface area contributed by atoms with E-state index in [1.165, 1.54) is 12.1 Å². The molecule has 7 nitrogen and oxygen atoms in total. The van der Waals surface area contributed by atoms with Gasteiger partial charge in [0, 0.05) is 36.8 Å². The number of nitrogens with zero attached hydrogens (tertiary/aromatic N) is 1. The third-order valence-corrected chi connectivity index (χ3v) is 4.13. The summed E-state index contributed by atoms with van der Waals surface area (Å²) < 4.78 is 0. The molecule has 22 heavy (non-hydrogen) atoms. The highest BCUT2D eigenvalue weighted by molar-refractivity contribution is 5.79. The van der Waals surface area contributed by atoms with Crippen LogP contribution in [-0.4, -0.2) is 30.5 Å². The summed E-state index contributed by atoms with van der Waals surface area (Å²) in [6, 6.07) is 6.21. The fourth-order valence-corrected chi connectivity index (χ4v) is 2.89. The van der Waals surface area contributed by atoms with Gasteiger partial charge >= 0.3 is 0 Å². The van der Waals surface area contributed by atoms with Crippen molar-refractivity contribution < 1.29 is 9.72 Å². The fraction of sp³-hybridized carbons (Fsp3) is 0.533. The summed E-state index contributed by atoms with van der Waals surface area (Å²) in [6.07, 6.45) is 3.03. The van der Waals surface area contributed by atoms with Crippen molar-refractivity contribution in [1.29, 1.82) is 0 Å². The Hall–Kier alpha value is -2.15. The van der Waals surface area contributed by atoms with Gasteiger partial charge in [-0.2, -0.15) is 0 Å². The normalized spacial score (nSPS) is 20.6. The van der Waals surface area contributed by atoms with Crippen LogP contribution in [-0.2, 0) is 4.79 Å². The summed E-state index contributed by atoms with van der Waals surface area (Å²) >= 11 is 0. The molecule has 1 aromatic rings. The Balaban J connectivity index is 1.70. The second-order valence-corrected chi connectivity index (χ2v) is 5.55. The van der Waals surface area contributed by atoms with Crippen LogP contribution in [0, 0.1) is 22.0 Å². The summed E-state index contributed by atoms with van der Waals surface area (Å²) in [5, 5.41) is 16.6. The van der Waals surface area contributed by atoms with E-state index in [9.17, 15) is 14.9 Å². The third kappa shape index (κ3) is 4.17. The van der Waals surface area contributed by atoms with Gasteiger partial charge in [0.2, 0.25) is 5.91 Å². The van der Waals surface area contributed by atoms with Gasteiger partial charge in [0.05, 0.1) is 4.92 Å². The van der Waals surface area contributed by atoms with Crippen LogP contribution < -0.4 is 16.4 Å². The van der Waals surface area contributed by atoms with Crippen LogP contribution in [0.15, 0.2) is 24.3 Å². The molecule has 1 fully saturated rings. The number of carbonyl (C=O) groups is 1. The zero-order chi connectivity index (χ0) is 15.9. The Kier molecular flexibility index (Phi) is 5.71. The molecule has 0 aliphatic heterocycles. The largest absolute Gasteiger partial charge is 0.383 e. The van der Waals surface area contributed by atoms with E-state index in [1.54, 1.807) is 12.1 Å². The van der Waals surface area contributed by atoms with Crippen LogP contribution in [0.1, 0.15) is 19.3 Å². The van der Waals surface area contributed by atoms with Crippen molar-refractivity contribution in [3.8, 4) is 0 Å². The van der Waals surface area contributed by atoms with Gasteiger partial charge in [-0.15, -0.1) is 0 Å². The number of hydrogen-bond acceptors (Lipinski definition) is 5. The lowest BCUT2D eigenvalue weighted by molar-refractivity contribution is -0.384. The molecule has 1 aromatic carbocycles. The number of nitrogens with two attached hydrogens (primary N) is 1. The van der Waals surface area contributed by atoms with Gasteiger partial charge in [0.15, 0.2) is 0 Å². The van der Waals surface area contributed by atoms with E-state index in [4.69, 9.17) is 5.73 Å². The molecule has 1 amide bonds. The van der Waals surface area contributed by atoms with E-state index >= 15 is 0 Å². The second-order valence-electron chi connectivity index (χ2n) is 5.55. The van der Waals surface area contributed by atoms with Crippen molar-refractivity contribution in [2.75, 3.05) is 25.0 Å². The van der Waals surface area contributed by atoms with Crippen LogP contribution in [0.2, 0.25) is 0 Å². The van der Waals surface area contributed by atoms with Crippen molar-refractivity contribution in [3.63, 3.8) is 0 Å². The van der Waals surface area contributed by atoms with Crippen LogP contribution in [0.5, 0.6) is 0 Å². The molecule has 1 aliphatic rings. The van der Waals surface area contributed by atoms with E-state index in [1.807, 2.05) is 0 Å². The zero-order valence-electron chi connectivity index (χ0n) is 12.5. The number of nitrogens with one attached hydrogen (secondary N) is 2. The summed E-state index contributed by atoms with van der Waals surface area (Å²) in [7, 11) is 0. The topological polar surface area (TPSA) is 110 Å². The lowest BCUT2D eigenvalue weighted by atomic mass is 9.95. The van der Waals surface area contributed by atoms with E-state index in [0.717, 1.165) is 24.9 Å². The van der Waals surface area contributed by atoms with Gasteiger partial charge in [-0.05, 0) is 37.4 Å². The van der Waals surface area contributed by atoms with E-state index in [2.05, 4.69) is 10.6 Å². The lowest BCUT2D eigenvalue weighted by Gasteiger charge is -2.17. The summed E-state index contributed by atoms with van der Waals surface area (Å²) in [4.78, 5) is 22.2. The van der Waals surface area contributed by atoms with Gasteiger partial charge in [0.25, 0.3) is 5.69 Å². The van der Waals surface area contributed by atoms with E-state index in [-0.39, 0.29) is 17.5 Å². The molecule has 0 unspecified atom stereocenters. The summed E-state index contributed by atoms with van der Waals surface area (Å²) in [5.74, 6) is 0.436. The van der Waals surface area contributed by atoms with Crippen molar-refractivity contribution in [3.05, 3.63) is 34.4 Å². The molecule has 4 N–H and O–H groups in total. The second kappa shape index (κ2) is 7.74. The Labute approximate surface area is 129 Å². The van der Waals surface area contributed by atoms with Crippen LogP contribution in [0.4, 0.5) is 11.4 Å². The van der Waals surface area contributed by atoms with Crippen molar-refractivity contribution >= 4 is 17.3 Å². The molecular weight excluding hydrogens is 284 g/mol. The van der Waals surface area contributed by atoms with Crippen LogP contribution in [0.25, 0.3) is 0 Å². The molecule has 7 heteroatoms. The number of carbonyl (C=O) groups excluding carboxylic acids is 1. The van der Waals surface area contributed by atoms with Gasteiger partial charge in [0.1, 0.15) is 0 Å². The van der Waals surface area contributed by atoms with E-state index in [0.29, 0.717) is 25.6 Å². The minimum atomic E-state index is -0.431. The number of non-ortho nitro benzene ring substituents is 1. The quantitative estimate of drug-likeness (QED) is 0.401. The maximum atomic E-state index is 12.1. The highest BCUT2D eigenvalue weighted by atomic mass is 16.6. The first kappa shape index (κ1) is 16.2. The SMILES string of the molecule is NC[C@H]1CCC[C@H]1C(=O)NCCNc1ccc([N+](=O)[O-])cc1. The number of hydrogen-bond donors (Lipinski definition) is 3. The molecule has 0 spiro atoms. The number of amides is 1. The molecule has 1 aliphatic carbocycles. The van der Waals surface area contributed by atoms with Crippen LogP contribution in [0.3, 0.4) is 0 Å². The minimum absolute atomic E-state index is 0.0457. The molecule has 0 radical (unpaired) electrons. The Morgan fingerprint density at radius 2 is 2.00 bits per heavy atom. The molecule has 0 bridgehead atoms. The monoisotopic (exact) mass is 306 g/mol. The summed E-state index contributed by atoms with van der Waals surface area (Å²) in [5.41, 5.74) is 6.54. The van der Waals surface area contributed by atoms with Gasteiger partial charge in [-0.1, -0.05) is 6.42 Å². The maximum Gasteiger partial charge on any atom is 0.269 e. The number of benzene rings is 1. The lowest BCUT2D eigenvalue weighted by Crippen LogP contribution is -2.37. The Bertz CT molecular complexity index is 518.